The van der Waals surface area contributed by atoms with Crippen LogP contribution >= 0.6 is 0 Å². The molecule has 0 aliphatic rings. The lowest BCUT2D eigenvalue weighted by atomic mass is 10.5. The van der Waals surface area contributed by atoms with Crippen LogP contribution in [-0.2, 0) is 4.79 Å². The molecule has 7 heteroatoms. The van der Waals surface area contributed by atoms with Crippen molar-refractivity contribution in [2.45, 2.75) is 13.3 Å². The number of aromatic amines is 1. The van der Waals surface area contributed by atoms with Gasteiger partial charge in [0.15, 0.2) is 11.2 Å². The topological polar surface area (TPSA) is 92.7 Å². The first-order valence-corrected chi connectivity index (χ1v) is 4.43. The number of carbonyl (C=O) groups excluding carboxylic acids is 1. The maximum atomic E-state index is 11.3. The van der Waals surface area contributed by atoms with Crippen molar-refractivity contribution in [3.05, 3.63) is 23.0 Å². The van der Waals surface area contributed by atoms with Gasteiger partial charge in [-0.25, -0.2) is 14.6 Å². The fraction of sp³-hybridized carbons (Fsp3) is 0.250. The largest absolute Gasteiger partial charge is 0.311 e. The smallest absolute Gasteiger partial charge is 0.278 e. The summed E-state index contributed by atoms with van der Waals surface area (Å²) in [5.41, 5.74) is 2.75. The molecule has 0 spiro atoms. The van der Waals surface area contributed by atoms with Gasteiger partial charge >= 0.3 is 0 Å². The summed E-state index contributed by atoms with van der Waals surface area (Å²) in [7, 11) is 0. The number of nitrogens with zero attached hydrogens (tertiary/aromatic N) is 3. The van der Waals surface area contributed by atoms with E-state index in [1.807, 2.05) is 0 Å². The number of aromatic nitrogens is 4. The molecule has 0 aliphatic heterocycles. The molecule has 7 nitrogen and oxygen atoms in total. The number of nitrogens with one attached hydrogen (secondary N) is 2. The molecule has 2 heterocycles. The Morgan fingerprint density at radius 3 is 3.13 bits per heavy atom. The second kappa shape index (κ2) is 3.52. The average molecular weight is 207 g/mol. The van der Waals surface area contributed by atoms with Gasteiger partial charge < -0.3 is 4.98 Å². The van der Waals surface area contributed by atoms with Gasteiger partial charge in [-0.3, -0.25) is 15.0 Å². The van der Waals surface area contributed by atoms with Crippen molar-refractivity contribution in [2.75, 3.05) is 5.43 Å². The van der Waals surface area contributed by atoms with Crippen LogP contribution in [0.3, 0.4) is 0 Å². The molecular weight excluding hydrogens is 198 g/mol. The minimum atomic E-state index is -0.329. The Morgan fingerprint density at radius 2 is 2.40 bits per heavy atom. The van der Waals surface area contributed by atoms with E-state index >= 15 is 0 Å². The van der Waals surface area contributed by atoms with Gasteiger partial charge in [0.25, 0.3) is 5.56 Å². The molecule has 0 saturated carbocycles. The lowest BCUT2D eigenvalue weighted by Gasteiger charge is -2.03. The third kappa shape index (κ3) is 1.58. The Bertz CT molecular complexity index is 555. The summed E-state index contributed by atoms with van der Waals surface area (Å²) in [6.45, 7) is 1.73. The first kappa shape index (κ1) is 9.38. The summed E-state index contributed by atoms with van der Waals surface area (Å²) in [6, 6.07) is 0. The second-order valence-corrected chi connectivity index (χ2v) is 2.91. The molecule has 0 saturated heterocycles. The number of H-pyrrole nitrogens is 1. The van der Waals surface area contributed by atoms with Gasteiger partial charge in [-0.05, 0) is 0 Å². The second-order valence-electron chi connectivity index (χ2n) is 2.91. The summed E-state index contributed by atoms with van der Waals surface area (Å²) < 4.78 is 1.33. The molecule has 2 rings (SSSR count). The first-order valence-electron chi connectivity index (χ1n) is 4.43. The van der Waals surface area contributed by atoms with Crippen molar-refractivity contribution in [1.29, 1.82) is 0 Å². The lowest BCUT2D eigenvalue weighted by Crippen LogP contribution is -2.21. The van der Waals surface area contributed by atoms with Crippen molar-refractivity contribution in [1.82, 2.24) is 19.6 Å². The van der Waals surface area contributed by atoms with E-state index in [1.165, 1.54) is 17.3 Å². The Balaban J connectivity index is 2.50. The third-order valence-electron chi connectivity index (χ3n) is 1.91. The SMILES string of the molecule is CCC(=O)Nn1cnc2c(=O)[nH]cnc21. The predicted octanol–water partition coefficient (Wildman–Crippen LogP) is -0.400. The van der Waals surface area contributed by atoms with E-state index in [0.717, 1.165) is 0 Å². The molecule has 0 aromatic carbocycles. The van der Waals surface area contributed by atoms with Gasteiger partial charge in [-0.2, -0.15) is 0 Å². The average Bonchev–Trinajstić information content (AvgIpc) is 2.63. The molecule has 2 aromatic rings. The molecule has 0 radical (unpaired) electrons. The zero-order chi connectivity index (χ0) is 10.8. The van der Waals surface area contributed by atoms with Gasteiger partial charge in [-0.15, -0.1) is 0 Å². The summed E-state index contributed by atoms with van der Waals surface area (Å²) >= 11 is 0. The highest BCUT2D eigenvalue weighted by Crippen LogP contribution is 2.00. The maximum absolute atomic E-state index is 11.3. The van der Waals surface area contributed by atoms with Crippen LogP contribution in [0.4, 0.5) is 0 Å². The van der Waals surface area contributed by atoms with Gasteiger partial charge in [-0.1, -0.05) is 6.92 Å². The Kier molecular flexibility index (Phi) is 2.20. The van der Waals surface area contributed by atoms with Gasteiger partial charge in [0, 0.05) is 6.42 Å². The molecule has 0 bridgehead atoms. The molecule has 78 valence electrons. The predicted molar refractivity (Wildman–Crippen MR) is 52.8 cm³/mol. The number of carbonyl (C=O) groups is 1. The monoisotopic (exact) mass is 207 g/mol. The number of hydrogen-bond donors (Lipinski definition) is 2. The minimum absolute atomic E-state index is 0.170. The summed E-state index contributed by atoms with van der Waals surface area (Å²) in [4.78, 5) is 32.6. The third-order valence-corrected chi connectivity index (χ3v) is 1.91. The molecule has 2 aromatic heterocycles. The van der Waals surface area contributed by atoms with Gasteiger partial charge in [0.1, 0.15) is 6.33 Å². The van der Waals surface area contributed by atoms with Crippen LogP contribution in [0.15, 0.2) is 17.4 Å². The van der Waals surface area contributed by atoms with Crippen LogP contribution in [-0.4, -0.2) is 25.5 Å². The molecule has 0 atom stereocenters. The molecule has 1 amide bonds. The molecule has 0 aliphatic carbocycles. The molecule has 2 N–H and O–H groups in total. The summed E-state index contributed by atoms with van der Waals surface area (Å²) in [5, 5.41) is 0. The van der Waals surface area contributed by atoms with Gasteiger partial charge in [0.2, 0.25) is 5.91 Å². The molecule has 15 heavy (non-hydrogen) atoms. The molecule has 0 unspecified atom stereocenters. The summed E-state index contributed by atoms with van der Waals surface area (Å²) in [6.07, 6.45) is 2.96. The number of hydrogen-bond acceptors (Lipinski definition) is 4. The van der Waals surface area contributed by atoms with E-state index in [0.29, 0.717) is 12.1 Å². The number of imidazole rings is 1. The van der Waals surface area contributed by atoms with Crippen LogP contribution in [0.25, 0.3) is 11.2 Å². The first-order chi connectivity index (χ1) is 7.22. The maximum Gasteiger partial charge on any atom is 0.278 e. The molecule has 0 fully saturated rings. The van der Waals surface area contributed by atoms with E-state index in [9.17, 15) is 9.59 Å². The lowest BCUT2D eigenvalue weighted by molar-refractivity contribution is -0.116. The zero-order valence-electron chi connectivity index (χ0n) is 8.02. The van der Waals surface area contributed by atoms with Crippen LogP contribution in [0, 0.1) is 0 Å². The van der Waals surface area contributed by atoms with Crippen LogP contribution in [0.5, 0.6) is 0 Å². The van der Waals surface area contributed by atoms with Crippen LogP contribution in [0.1, 0.15) is 13.3 Å². The fourth-order valence-corrected chi connectivity index (χ4v) is 1.14. The van der Waals surface area contributed by atoms with Crippen molar-refractivity contribution in [2.24, 2.45) is 0 Å². The molecular formula is C8H9N5O2. The van der Waals surface area contributed by atoms with Crippen molar-refractivity contribution in [3.8, 4) is 0 Å². The van der Waals surface area contributed by atoms with Crippen molar-refractivity contribution < 1.29 is 4.79 Å². The van der Waals surface area contributed by atoms with E-state index in [2.05, 4.69) is 20.4 Å². The van der Waals surface area contributed by atoms with E-state index < -0.39 is 0 Å². The Morgan fingerprint density at radius 1 is 1.60 bits per heavy atom. The quantitative estimate of drug-likeness (QED) is 0.700. The normalized spacial score (nSPS) is 10.5. The van der Waals surface area contributed by atoms with E-state index in [1.54, 1.807) is 6.92 Å². The van der Waals surface area contributed by atoms with Crippen molar-refractivity contribution in [3.63, 3.8) is 0 Å². The minimum Gasteiger partial charge on any atom is -0.311 e. The van der Waals surface area contributed by atoms with Crippen LogP contribution in [0.2, 0.25) is 0 Å². The van der Waals surface area contributed by atoms with Crippen LogP contribution < -0.4 is 11.0 Å². The highest BCUT2D eigenvalue weighted by Gasteiger charge is 2.08. The fourth-order valence-electron chi connectivity index (χ4n) is 1.14. The number of fused-ring (bicyclic) bond motifs is 1. The highest BCUT2D eigenvalue weighted by atomic mass is 16.2. The van der Waals surface area contributed by atoms with Gasteiger partial charge in [0.05, 0.1) is 6.33 Å². The van der Waals surface area contributed by atoms with Crippen molar-refractivity contribution >= 4 is 17.1 Å². The summed E-state index contributed by atoms with van der Waals surface area (Å²) in [5.74, 6) is -0.170. The number of amides is 1. The van der Waals surface area contributed by atoms with E-state index in [4.69, 9.17) is 0 Å². The zero-order valence-corrected chi connectivity index (χ0v) is 8.02. The Labute approximate surface area is 84.1 Å². The number of rotatable bonds is 2. The Hall–Kier alpha value is -2.18. The standard InChI is InChI=1S/C8H9N5O2/c1-2-5(14)12-13-4-11-6-7(13)9-3-10-8(6)15/h3-4H,2H2,1H3,(H,12,14)(H,9,10,15). The van der Waals surface area contributed by atoms with E-state index in [-0.39, 0.29) is 17.0 Å². The highest BCUT2D eigenvalue weighted by molar-refractivity contribution is 5.85.